The van der Waals surface area contributed by atoms with Gasteiger partial charge in [-0.15, -0.1) is 23.2 Å². The van der Waals surface area contributed by atoms with Crippen LogP contribution >= 0.6 is 46.4 Å². The molecule has 0 aliphatic heterocycles. The summed E-state index contributed by atoms with van der Waals surface area (Å²) in [5, 5.41) is 9.54. The molecular weight excluding hydrogens is 434 g/mol. The Labute approximate surface area is 176 Å². The lowest BCUT2D eigenvalue weighted by atomic mass is 9.62. The molecule has 8 heteroatoms. The molecule has 2 aliphatic carbocycles. The minimum absolute atomic E-state index is 0.0500. The van der Waals surface area contributed by atoms with Gasteiger partial charge in [0.15, 0.2) is 11.6 Å². The van der Waals surface area contributed by atoms with Gasteiger partial charge in [-0.1, -0.05) is 41.9 Å². The van der Waals surface area contributed by atoms with E-state index in [-0.39, 0.29) is 17.7 Å². The standard InChI is InChI=1S/C19H14Cl4O4/c1-3-9-6-7-18(22)16(25)14(20)15(21)17(26)19(18,23)13(9)11-8-10(27-2)4-5-12(11)24/h3-6,8,13,24H,1,7H2,2H3. The Morgan fingerprint density at radius 1 is 1.22 bits per heavy atom. The van der Waals surface area contributed by atoms with E-state index >= 15 is 0 Å². The van der Waals surface area contributed by atoms with Crippen molar-refractivity contribution in [3.63, 3.8) is 0 Å². The van der Waals surface area contributed by atoms with E-state index in [1.165, 1.54) is 25.3 Å². The number of benzene rings is 1. The summed E-state index contributed by atoms with van der Waals surface area (Å²) >= 11 is 25.5. The van der Waals surface area contributed by atoms with Crippen molar-refractivity contribution >= 4 is 58.0 Å². The second kappa shape index (κ2) is 6.85. The zero-order valence-corrected chi connectivity index (χ0v) is 17.1. The highest BCUT2D eigenvalue weighted by atomic mass is 35.5. The first-order valence-corrected chi connectivity index (χ1v) is 9.36. The largest absolute Gasteiger partial charge is 0.508 e. The van der Waals surface area contributed by atoms with Gasteiger partial charge in [0.05, 0.1) is 7.11 Å². The lowest BCUT2D eigenvalue weighted by molar-refractivity contribution is -0.127. The number of halogens is 4. The van der Waals surface area contributed by atoms with Crippen LogP contribution in [0.5, 0.6) is 11.5 Å². The molecule has 0 bridgehead atoms. The second-order valence-corrected chi connectivity index (χ2v) is 8.27. The average molecular weight is 448 g/mol. The first-order chi connectivity index (χ1) is 12.6. The van der Waals surface area contributed by atoms with Crippen LogP contribution in [0.2, 0.25) is 0 Å². The number of phenols is 1. The fraction of sp³-hybridized carbons (Fsp3) is 0.263. The molecule has 0 fully saturated rings. The van der Waals surface area contributed by atoms with Crippen molar-refractivity contribution in [1.29, 1.82) is 0 Å². The Morgan fingerprint density at radius 2 is 1.85 bits per heavy atom. The van der Waals surface area contributed by atoms with Crippen molar-refractivity contribution in [2.45, 2.75) is 22.1 Å². The van der Waals surface area contributed by atoms with Gasteiger partial charge >= 0.3 is 0 Å². The number of alkyl halides is 2. The minimum Gasteiger partial charge on any atom is -0.508 e. The highest BCUT2D eigenvalue weighted by molar-refractivity contribution is 6.66. The number of hydrogen-bond donors (Lipinski definition) is 1. The molecule has 0 heterocycles. The van der Waals surface area contributed by atoms with Crippen LogP contribution in [-0.2, 0) is 9.59 Å². The minimum atomic E-state index is -2.01. The third kappa shape index (κ3) is 2.65. The summed E-state index contributed by atoms with van der Waals surface area (Å²) in [4.78, 5) is 22.1. The summed E-state index contributed by atoms with van der Waals surface area (Å²) < 4.78 is 5.21. The van der Waals surface area contributed by atoms with Gasteiger partial charge in [-0.2, -0.15) is 0 Å². The molecule has 1 aromatic rings. The van der Waals surface area contributed by atoms with Crippen molar-refractivity contribution < 1.29 is 19.4 Å². The summed E-state index contributed by atoms with van der Waals surface area (Å²) in [7, 11) is 1.46. The highest BCUT2D eigenvalue weighted by Crippen LogP contribution is 2.60. The summed E-state index contributed by atoms with van der Waals surface area (Å²) in [5.41, 5.74) is 0.775. The predicted molar refractivity (Wildman–Crippen MR) is 106 cm³/mol. The normalized spacial score (nSPS) is 30.7. The molecule has 0 aromatic heterocycles. The summed E-state index contributed by atoms with van der Waals surface area (Å²) in [6.45, 7) is 3.75. The molecule has 0 saturated carbocycles. The molecule has 4 nitrogen and oxygen atoms in total. The third-order valence-electron chi connectivity index (χ3n) is 4.99. The fourth-order valence-corrected chi connectivity index (χ4v) is 5.02. The fourth-order valence-electron chi connectivity index (χ4n) is 3.57. The number of rotatable bonds is 3. The molecule has 27 heavy (non-hydrogen) atoms. The van der Waals surface area contributed by atoms with E-state index in [4.69, 9.17) is 51.1 Å². The van der Waals surface area contributed by atoms with Gasteiger partial charge in [-0.25, -0.2) is 0 Å². The number of carbonyl (C=O) groups is 2. The molecule has 1 aromatic carbocycles. The van der Waals surface area contributed by atoms with Crippen LogP contribution in [0.15, 0.2) is 52.6 Å². The van der Waals surface area contributed by atoms with Gasteiger partial charge in [0.25, 0.3) is 0 Å². The molecular formula is C19H14Cl4O4. The van der Waals surface area contributed by atoms with Crippen molar-refractivity contribution in [3.8, 4) is 11.5 Å². The second-order valence-electron chi connectivity index (χ2n) is 6.27. The Balaban J connectivity index is 2.37. The number of ether oxygens (including phenoxy) is 1. The molecule has 0 amide bonds. The van der Waals surface area contributed by atoms with E-state index in [0.717, 1.165) is 0 Å². The Hall–Kier alpha value is -1.46. The maximum Gasteiger partial charge on any atom is 0.199 e. The van der Waals surface area contributed by atoms with Gasteiger partial charge in [0.2, 0.25) is 0 Å². The van der Waals surface area contributed by atoms with Crippen LogP contribution in [0.4, 0.5) is 0 Å². The zero-order chi connectivity index (χ0) is 20.1. The quantitative estimate of drug-likeness (QED) is 0.676. The van der Waals surface area contributed by atoms with Crippen molar-refractivity contribution in [3.05, 3.63) is 58.1 Å². The number of phenolic OH excluding ortho intramolecular Hbond substituents is 1. The van der Waals surface area contributed by atoms with Gasteiger partial charge in [0.1, 0.15) is 31.3 Å². The Morgan fingerprint density at radius 3 is 2.44 bits per heavy atom. The smallest absolute Gasteiger partial charge is 0.199 e. The average Bonchev–Trinajstić information content (AvgIpc) is 2.67. The monoisotopic (exact) mass is 446 g/mol. The topological polar surface area (TPSA) is 63.6 Å². The van der Waals surface area contributed by atoms with Crippen LogP contribution < -0.4 is 4.74 Å². The van der Waals surface area contributed by atoms with Gasteiger partial charge in [-0.3, -0.25) is 9.59 Å². The number of allylic oxidation sites excluding steroid dienone is 5. The van der Waals surface area contributed by atoms with E-state index in [1.807, 2.05) is 0 Å². The summed E-state index contributed by atoms with van der Waals surface area (Å²) in [6, 6.07) is 4.47. The van der Waals surface area contributed by atoms with Gasteiger partial charge in [0, 0.05) is 11.5 Å². The summed E-state index contributed by atoms with van der Waals surface area (Å²) in [5.74, 6) is -2.26. The molecule has 2 aliphatic rings. The molecule has 3 atom stereocenters. The lowest BCUT2D eigenvalue weighted by Crippen LogP contribution is -2.64. The van der Waals surface area contributed by atoms with E-state index < -0.39 is 37.3 Å². The molecule has 3 unspecified atom stereocenters. The number of methoxy groups -OCH3 is 1. The number of fused-ring (bicyclic) bond motifs is 1. The van der Waals surface area contributed by atoms with Crippen molar-refractivity contribution in [1.82, 2.24) is 0 Å². The number of carbonyl (C=O) groups excluding carboxylic acids is 2. The maximum absolute atomic E-state index is 13.1. The molecule has 0 radical (unpaired) electrons. The van der Waals surface area contributed by atoms with Crippen LogP contribution in [0.1, 0.15) is 17.9 Å². The van der Waals surface area contributed by atoms with Crippen LogP contribution in [-0.4, -0.2) is 33.5 Å². The zero-order valence-electron chi connectivity index (χ0n) is 14.1. The number of Topliss-reactive ketones (excluding diaryl/α,β-unsaturated/α-hetero) is 2. The lowest BCUT2D eigenvalue weighted by Gasteiger charge is -2.50. The van der Waals surface area contributed by atoms with Crippen molar-refractivity contribution in [2.75, 3.05) is 7.11 Å². The highest BCUT2D eigenvalue weighted by Gasteiger charge is 2.68. The predicted octanol–water partition coefficient (Wildman–Crippen LogP) is 4.80. The number of hydrogen-bond acceptors (Lipinski definition) is 4. The molecule has 3 rings (SSSR count). The van der Waals surface area contributed by atoms with E-state index in [2.05, 4.69) is 6.58 Å². The van der Waals surface area contributed by atoms with Gasteiger partial charge in [-0.05, 0) is 30.2 Å². The van der Waals surface area contributed by atoms with Crippen LogP contribution in [0.3, 0.4) is 0 Å². The van der Waals surface area contributed by atoms with Crippen molar-refractivity contribution in [2.24, 2.45) is 0 Å². The first kappa shape index (κ1) is 20.3. The molecule has 1 N–H and O–H groups in total. The third-order valence-corrected chi connectivity index (χ3v) is 7.24. The maximum atomic E-state index is 13.1. The number of ketones is 2. The van der Waals surface area contributed by atoms with E-state index in [0.29, 0.717) is 11.3 Å². The molecule has 0 saturated heterocycles. The summed E-state index contributed by atoms with van der Waals surface area (Å²) in [6.07, 6.45) is 3.10. The Bertz CT molecular complexity index is 936. The molecule has 142 valence electrons. The van der Waals surface area contributed by atoms with Gasteiger partial charge < -0.3 is 9.84 Å². The molecule has 0 spiro atoms. The van der Waals surface area contributed by atoms with Crippen LogP contribution in [0.25, 0.3) is 0 Å². The van der Waals surface area contributed by atoms with E-state index in [1.54, 1.807) is 12.1 Å². The number of aromatic hydroxyl groups is 1. The van der Waals surface area contributed by atoms with Crippen LogP contribution in [0, 0.1) is 0 Å². The SMILES string of the molecule is C=CC1=CCC2(Cl)C(=O)C(Cl)=C(Cl)C(=O)C2(Cl)C1c1cc(OC)ccc1O. The Kier molecular flexibility index (Phi) is 5.15. The van der Waals surface area contributed by atoms with E-state index in [9.17, 15) is 14.7 Å². The first-order valence-electron chi connectivity index (χ1n) is 7.85.